The Morgan fingerprint density at radius 2 is 1.78 bits per heavy atom. The van der Waals surface area contributed by atoms with Crippen molar-refractivity contribution >= 4 is 35.3 Å². The lowest BCUT2D eigenvalue weighted by Crippen LogP contribution is -2.29. The fourth-order valence-electron chi connectivity index (χ4n) is 3.22. The van der Waals surface area contributed by atoms with Crippen molar-refractivity contribution in [3.8, 4) is 0 Å². The Morgan fingerprint density at radius 1 is 1.00 bits per heavy atom. The van der Waals surface area contributed by atoms with E-state index in [2.05, 4.69) is 5.32 Å². The first-order valence-corrected chi connectivity index (χ1v) is 10.0. The number of hydrogen-bond acceptors (Lipinski definition) is 6. The van der Waals surface area contributed by atoms with Crippen molar-refractivity contribution in [1.29, 1.82) is 0 Å². The first-order valence-electron chi connectivity index (χ1n) is 9.64. The van der Waals surface area contributed by atoms with Gasteiger partial charge in [-0.1, -0.05) is 29.8 Å². The molecule has 0 fully saturated rings. The maximum Gasteiger partial charge on any atom is 0.338 e. The molecular formula is C23H17ClN2O6. The summed E-state index contributed by atoms with van der Waals surface area (Å²) in [5.41, 5.74) is 1.08. The molecule has 2 heterocycles. The molecule has 8 nitrogen and oxygen atoms in total. The second kappa shape index (κ2) is 9.07. The van der Waals surface area contributed by atoms with E-state index in [4.69, 9.17) is 20.8 Å². The smallest absolute Gasteiger partial charge is 0.338 e. The molecule has 0 aliphatic carbocycles. The van der Waals surface area contributed by atoms with Crippen molar-refractivity contribution in [2.45, 2.75) is 13.1 Å². The second-order valence-electron chi connectivity index (χ2n) is 6.98. The summed E-state index contributed by atoms with van der Waals surface area (Å²) in [5.74, 6) is -1.84. The number of furan rings is 1. The monoisotopic (exact) mass is 452 g/mol. The van der Waals surface area contributed by atoms with Crippen molar-refractivity contribution in [2.75, 3.05) is 6.61 Å². The highest BCUT2D eigenvalue weighted by molar-refractivity contribution is 6.31. The highest BCUT2D eigenvalue weighted by Crippen LogP contribution is 2.26. The maximum absolute atomic E-state index is 12.7. The standard InChI is InChI=1S/C23H17ClN2O6/c24-19-6-2-1-4-15(19)11-25-20(27)13-32-23(30)14-7-8-17-18(10-14)22(29)26(21(17)28)12-16-5-3-9-31-16/h1-10H,11-13H2,(H,25,27). The summed E-state index contributed by atoms with van der Waals surface area (Å²) >= 11 is 6.04. The average molecular weight is 453 g/mol. The van der Waals surface area contributed by atoms with Gasteiger partial charge in [0.25, 0.3) is 17.7 Å². The Morgan fingerprint density at radius 3 is 2.53 bits per heavy atom. The van der Waals surface area contributed by atoms with Crippen LogP contribution >= 0.6 is 11.6 Å². The summed E-state index contributed by atoms with van der Waals surface area (Å²) in [6, 6.07) is 14.4. The van der Waals surface area contributed by atoms with Crippen molar-refractivity contribution in [2.24, 2.45) is 0 Å². The number of benzene rings is 2. The molecular weight excluding hydrogens is 436 g/mol. The highest BCUT2D eigenvalue weighted by atomic mass is 35.5. The Hall–Kier alpha value is -3.91. The van der Waals surface area contributed by atoms with Gasteiger partial charge in [-0.25, -0.2) is 4.79 Å². The van der Waals surface area contributed by atoms with Gasteiger partial charge >= 0.3 is 5.97 Å². The second-order valence-corrected chi connectivity index (χ2v) is 7.39. The van der Waals surface area contributed by atoms with Crippen LogP contribution in [0.5, 0.6) is 0 Å². The summed E-state index contributed by atoms with van der Waals surface area (Å²) in [6.07, 6.45) is 1.45. The van der Waals surface area contributed by atoms with E-state index in [9.17, 15) is 19.2 Å². The molecule has 1 aromatic heterocycles. The van der Waals surface area contributed by atoms with Crippen LogP contribution in [0.4, 0.5) is 0 Å². The van der Waals surface area contributed by atoms with Gasteiger partial charge in [0.2, 0.25) is 0 Å². The lowest BCUT2D eigenvalue weighted by molar-refractivity contribution is -0.124. The number of halogens is 1. The molecule has 0 radical (unpaired) electrons. The van der Waals surface area contributed by atoms with Crippen LogP contribution in [-0.2, 0) is 22.6 Å². The summed E-state index contributed by atoms with van der Waals surface area (Å²) < 4.78 is 10.2. The number of nitrogens with one attached hydrogen (secondary N) is 1. The fraction of sp³-hybridized carbons (Fsp3) is 0.130. The molecule has 1 N–H and O–H groups in total. The molecule has 2 aromatic carbocycles. The number of ether oxygens (including phenoxy) is 1. The number of fused-ring (bicyclic) bond motifs is 1. The van der Waals surface area contributed by atoms with Crippen molar-refractivity contribution < 1.29 is 28.3 Å². The lowest BCUT2D eigenvalue weighted by atomic mass is 10.1. The van der Waals surface area contributed by atoms with Gasteiger partial charge in [0.15, 0.2) is 6.61 Å². The first-order chi connectivity index (χ1) is 15.4. The summed E-state index contributed by atoms with van der Waals surface area (Å²) in [5, 5.41) is 3.13. The molecule has 0 bridgehead atoms. The van der Waals surface area contributed by atoms with Gasteiger partial charge in [0.1, 0.15) is 5.76 Å². The van der Waals surface area contributed by atoms with Gasteiger partial charge < -0.3 is 14.5 Å². The molecule has 1 aliphatic heterocycles. The summed E-state index contributed by atoms with van der Waals surface area (Å²) in [7, 11) is 0. The van der Waals surface area contributed by atoms with E-state index in [0.29, 0.717) is 10.8 Å². The van der Waals surface area contributed by atoms with E-state index in [1.807, 2.05) is 0 Å². The normalized spacial score (nSPS) is 12.6. The van der Waals surface area contributed by atoms with E-state index >= 15 is 0 Å². The molecule has 3 amide bonds. The third-order valence-electron chi connectivity index (χ3n) is 4.87. The molecule has 32 heavy (non-hydrogen) atoms. The largest absolute Gasteiger partial charge is 0.467 e. The Balaban J connectivity index is 1.36. The van der Waals surface area contributed by atoms with Crippen LogP contribution in [0, 0.1) is 0 Å². The van der Waals surface area contributed by atoms with Crippen LogP contribution in [0.2, 0.25) is 5.02 Å². The number of esters is 1. The predicted molar refractivity (Wildman–Crippen MR) is 113 cm³/mol. The summed E-state index contributed by atoms with van der Waals surface area (Å²) in [6.45, 7) is -0.320. The topological polar surface area (TPSA) is 106 Å². The minimum absolute atomic E-state index is 0.00920. The minimum Gasteiger partial charge on any atom is -0.467 e. The third kappa shape index (κ3) is 4.40. The molecule has 0 unspecified atom stereocenters. The van der Waals surface area contributed by atoms with E-state index in [-0.39, 0.29) is 29.8 Å². The maximum atomic E-state index is 12.7. The number of carbonyl (C=O) groups excluding carboxylic acids is 4. The van der Waals surface area contributed by atoms with E-state index in [1.165, 1.54) is 24.5 Å². The van der Waals surface area contributed by atoms with Crippen LogP contribution in [0.15, 0.2) is 65.3 Å². The van der Waals surface area contributed by atoms with E-state index in [0.717, 1.165) is 10.5 Å². The minimum atomic E-state index is -0.787. The Bertz CT molecular complexity index is 1200. The Labute approximate surface area is 187 Å². The number of carbonyl (C=O) groups is 4. The zero-order valence-electron chi connectivity index (χ0n) is 16.7. The number of rotatable bonds is 7. The molecule has 162 valence electrons. The van der Waals surface area contributed by atoms with E-state index < -0.39 is 30.3 Å². The van der Waals surface area contributed by atoms with E-state index in [1.54, 1.807) is 36.4 Å². The highest BCUT2D eigenvalue weighted by Gasteiger charge is 2.36. The average Bonchev–Trinajstić information content (AvgIpc) is 3.39. The molecule has 0 saturated carbocycles. The molecule has 4 rings (SSSR count). The van der Waals surface area contributed by atoms with Crippen molar-refractivity contribution in [3.05, 3.63) is 93.9 Å². The molecule has 9 heteroatoms. The van der Waals surface area contributed by atoms with Crippen LogP contribution in [0.1, 0.15) is 42.4 Å². The number of nitrogens with zero attached hydrogens (tertiary/aromatic N) is 1. The summed E-state index contributed by atoms with van der Waals surface area (Å²) in [4.78, 5) is 50.6. The first kappa shape index (κ1) is 21.3. The molecule has 3 aromatic rings. The van der Waals surface area contributed by atoms with Gasteiger partial charge in [0.05, 0.1) is 29.5 Å². The number of imide groups is 1. The van der Waals surface area contributed by atoms with Crippen molar-refractivity contribution in [1.82, 2.24) is 10.2 Å². The third-order valence-corrected chi connectivity index (χ3v) is 5.24. The fourth-order valence-corrected chi connectivity index (χ4v) is 3.42. The quantitative estimate of drug-likeness (QED) is 0.436. The molecule has 0 saturated heterocycles. The SMILES string of the molecule is O=C(COC(=O)c1ccc2c(c1)C(=O)N(Cc1ccco1)C2=O)NCc1ccccc1Cl. The van der Waals surface area contributed by atoms with Gasteiger partial charge in [-0.05, 0) is 42.0 Å². The van der Waals surface area contributed by atoms with Gasteiger partial charge in [-0.3, -0.25) is 19.3 Å². The predicted octanol–water partition coefficient (Wildman–Crippen LogP) is 3.20. The molecule has 0 atom stereocenters. The van der Waals surface area contributed by atoms with Gasteiger partial charge in [-0.15, -0.1) is 0 Å². The van der Waals surface area contributed by atoms with Gasteiger partial charge in [-0.2, -0.15) is 0 Å². The zero-order chi connectivity index (χ0) is 22.7. The van der Waals surface area contributed by atoms with Crippen LogP contribution in [0.25, 0.3) is 0 Å². The number of amides is 3. The van der Waals surface area contributed by atoms with Crippen LogP contribution < -0.4 is 5.32 Å². The van der Waals surface area contributed by atoms with Crippen molar-refractivity contribution in [3.63, 3.8) is 0 Å². The number of hydrogen-bond donors (Lipinski definition) is 1. The Kier molecular flexibility index (Phi) is 6.04. The van der Waals surface area contributed by atoms with Crippen LogP contribution in [0.3, 0.4) is 0 Å². The zero-order valence-corrected chi connectivity index (χ0v) is 17.4. The lowest BCUT2D eigenvalue weighted by Gasteiger charge is -2.11. The van der Waals surface area contributed by atoms with Gasteiger partial charge in [0, 0.05) is 11.6 Å². The van der Waals surface area contributed by atoms with Crippen LogP contribution in [-0.4, -0.2) is 35.2 Å². The molecule has 1 aliphatic rings. The molecule has 0 spiro atoms.